The molecule has 1 unspecified atom stereocenters. The lowest BCUT2D eigenvalue weighted by Crippen LogP contribution is -2.46. The zero-order chi connectivity index (χ0) is 15.7. The molecule has 1 aromatic rings. The third-order valence-electron chi connectivity index (χ3n) is 4.45. The molecule has 0 spiro atoms. The topological polar surface area (TPSA) is 64.6 Å². The zero-order valence-corrected chi connectivity index (χ0v) is 13.0. The lowest BCUT2D eigenvalue weighted by atomic mass is 9.76. The van der Waals surface area contributed by atoms with Crippen LogP contribution in [-0.2, 0) is 22.4 Å². The van der Waals surface area contributed by atoms with Gasteiger partial charge in [0.05, 0.1) is 0 Å². The van der Waals surface area contributed by atoms with Crippen molar-refractivity contribution >= 4 is 11.9 Å². The number of hydrogen-bond donors (Lipinski definition) is 1. The van der Waals surface area contributed by atoms with Gasteiger partial charge in [-0.2, -0.15) is 0 Å². The number of fused-ring (bicyclic) bond motifs is 2. The molecule has 0 amide bonds. The number of carbonyl (C=O) groups is 2. The number of nitrogens with one attached hydrogen (secondary N) is 1. The molecule has 1 aliphatic carbocycles. The van der Waals surface area contributed by atoms with Crippen LogP contribution in [-0.4, -0.2) is 24.5 Å². The Morgan fingerprint density at radius 2 is 1.91 bits per heavy atom. The number of hydrogen-bond acceptors (Lipinski definition) is 5. The summed E-state index contributed by atoms with van der Waals surface area (Å²) in [4.78, 5) is 22.7. The van der Waals surface area contributed by atoms with E-state index in [0.717, 1.165) is 24.9 Å². The SMILES string of the molecule is CC(=O)Oc1ccc2c(c1OC(C)=O)C[C@H]1CCCNC1C2. The Morgan fingerprint density at radius 1 is 1.14 bits per heavy atom. The molecule has 1 aromatic carbocycles. The highest BCUT2D eigenvalue weighted by molar-refractivity contribution is 5.75. The number of rotatable bonds is 2. The molecule has 22 heavy (non-hydrogen) atoms. The molecule has 118 valence electrons. The molecule has 1 saturated heterocycles. The molecule has 2 atom stereocenters. The lowest BCUT2D eigenvalue weighted by Gasteiger charge is -2.38. The molecule has 0 bridgehead atoms. The normalized spacial score (nSPS) is 23.2. The Bertz CT molecular complexity index is 611. The second-order valence-electron chi connectivity index (χ2n) is 6.09. The van der Waals surface area contributed by atoms with Gasteiger partial charge in [0.1, 0.15) is 0 Å². The molecule has 1 aliphatic heterocycles. The van der Waals surface area contributed by atoms with Crippen molar-refractivity contribution in [1.29, 1.82) is 0 Å². The van der Waals surface area contributed by atoms with Gasteiger partial charge in [0.15, 0.2) is 11.5 Å². The highest BCUT2D eigenvalue weighted by Crippen LogP contribution is 2.41. The fraction of sp³-hybridized carbons (Fsp3) is 0.529. The van der Waals surface area contributed by atoms with E-state index in [9.17, 15) is 9.59 Å². The monoisotopic (exact) mass is 303 g/mol. The van der Waals surface area contributed by atoms with Crippen molar-refractivity contribution in [3.8, 4) is 11.5 Å². The van der Waals surface area contributed by atoms with Crippen LogP contribution < -0.4 is 14.8 Å². The third-order valence-corrected chi connectivity index (χ3v) is 4.45. The van der Waals surface area contributed by atoms with Gasteiger partial charge in [-0.1, -0.05) is 6.07 Å². The van der Waals surface area contributed by atoms with Crippen LogP contribution in [0.3, 0.4) is 0 Å². The summed E-state index contributed by atoms with van der Waals surface area (Å²) in [6, 6.07) is 4.19. The molecular weight excluding hydrogens is 282 g/mol. The van der Waals surface area contributed by atoms with Crippen LogP contribution >= 0.6 is 0 Å². The first-order valence-electron chi connectivity index (χ1n) is 7.79. The van der Waals surface area contributed by atoms with Crippen molar-refractivity contribution < 1.29 is 19.1 Å². The average Bonchev–Trinajstić information content (AvgIpc) is 2.47. The van der Waals surface area contributed by atoms with E-state index in [4.69, 9.17) is 9.47 Å². The van der Waals surface area contributed by atoms with Gasteiger partial charge < -0.3 is 14.8 Å². The van der Waals surface area contributed by atoms with Crippen LogP contribution in [0.25, 0.3) is 0 Å². The standard InChI is InChI=1S/C17H21NO4/c1-10(19)21-16-6-5-12-9-15-13(4-3-7-18-15)8-14(12)17(16)22-11(2)20/h5-6,13,15,18H,3-4,7-9H2,1-2H3/t13-,15?/m1/s1. The molecule has 0 aromatic heterocycles. The van der Waals surface area contributed by atoms with E-state index >= 15 is 0 Å². The summed E-state index contributed by atoms with van der Waals surface area (Å²) in [5.41, 5.74) is 2.18. The van der Waals surface area contributed by atoms with E-state index in [1.165, 1.54) is 32.3 Å². The smallest absolute Gasteiger partial charge is 0.308 e. The summed E-state index contributed by atoms with van der Waals surface area (Å²) in [6.07, 6.45) is 4.12. The van der Waals surface area contributed by atoms with Gasteiger partial charge in [-0.3, -0.25) is 9.59 Å². The van der Waals surface area contributed by atoms with Gasteiger partial charge in [-0.25, -0.2) is 0 Å². The Labute approximate surface area is 130 Å². The van der Waals surface area contributed by atoms with Crippen molar-refractivity contribution in [2.24, 2.45) is 5.92 Å². The Morgan fingerprint density at radius 3 is 2.64 bits per heavy atom. The van der Waals surface area contributed by atoms with E-state index in [-0.39, 0.29) is 0 Å². The number of piperidine rings is 1. The molecule has 3 rings (SSSR count). The first kappa shape index (κ1) is 15.0. The van der Waals surface area contributed by atoms with Gasteiger partial charge in [-0.15, -0.1) is 0 Å². The summed E-state index contributed by atoms with van der Waals surface area (Å²) in [5, 5.41) is 3.58. The Kier molecular flexibility index (Phi) is 4.16. The van der Waals surface area contributed by atoms with Gasteiger partial charge >= 0.3 is 11.9 Å². The van der Waals surface area contributed by atoms with Crippen molar-refractivity contribution in [3.05, 3.63) is 23.3 Å². The summed E-state index contributed by atoms with van der Waals surface area (Å²) in [5.74, 6) is 0.489. The Balaban J connectivity index is 2.00. The summed E-state index contributed by atoms with van der Waals surface area (Å²) >= 11 is 0. The molecule has 5 nitrogen and oxygen atoms in total. The second kappa shape index (κ2) is 6.08. The van der Waals surface area contributed by atoms with Crippen molar-refractivity contribution in [3.63, 3.8) is 0 Å². The van der Waals surface area contributed by atoms with Crippen molar-refractivity contribution in [2.45, 2.75) is 45.6 Å². The van der Waals surface area contributed by atoms with Crippen LogP contribution in [0.2, 0.25) is 0 Å². The summed E-state index contributed by atoms with van der Waals surface area (Å²) < 4.78 is 10.6. The quantitative estimate of drug-likeness (QED) is 0.669. The predicted octanol–water partition coefficient (Wildman–Crippen LogP) is 2.00. The number of benzene rings is 1. The highest BCUT2D eigenvalue weighted by Gasteiger charge is 2.33. The van der Waals surface area contributed by atoms with E-state index in [2.05, 4.69) is 5.32 Å². The van der Waals surface area contributed by atoms with Crippen LogP contribution in [0.5, 0.6) is 11.5 Å². The Hall–Kier alpha value is -1.88. The van der Waals surface area contributed by atoms with Crippen molar-refractivity contribution in [1.82, 2.24) is 5.32 Å². The van der Waals surface area contributed by atoms with Crippen LogP contribution in [0, 0.1) is 5.92 Å². The largest absolute Gasteiger partial charge is 0.423 e. The first-order chi connectivity index (χ1) is 10.5. The fourth-order valence-electron chi connectivity index (χ4n) is 3.55. The molecule has 0 radical (unpaired) electrons. The molecule has 1 N–H and O–H groups in total. The minimum absolute atomic E-state index is 0.337. The molecule has 1 fully saturated rings. The fourth-order valence-corrected chi connectivity index (χ4v) is 3.55. The maximum atomic E-state index is 11.4. The van der Waals surface area contributed by atoms with Crippen LogP contribution in [0.4, 0.5) is 0 Å². The summed E-state index contributed by atoms with van der Waals surface area (Å²) in [7, 11) is 0. The molecular formula is C17H21NO4. The third kappa shape index (κ3) is 2.99. The summed E-state index contributed by atoms with van der Waals surface area (Å²) in [6.45, 7) is 3.78. The van der Waals surface area contributed by atoms with E-state index in [1.54, 1.807) is 6.07 Å². The van der Waals surface area contributed by atoms with E-state index < -0.39 is 11.9 Å². The molecule has 2 aliphatic rings. The zero-order valence-electron chi connectivity index (χ0n) is 13.0. The van der Waals surface area contributed by atoms with Crippen LogP contribution in [0.15, 0.2) is 12.1 Å². The second-order valence-corrected chi connectivity index (χ2v) is 6.09. The maximum Gasteiger partial charge on any atom is 0.308 e. The first-order valence-corrected chi connectivity index (χ1v) is 7.79. The lowest BCUT2D eigenvalue weighted by molar-refractivity contribution is -0.134. The highest BCUT2D eigenvalue weighted by atomic mass is 16.6. The minimum atomic E-state index is -0.415. The number of ether oxygens (including phenoxy) is 2. The average molecular weight is 303 g/mol. The van der Waals surface area contributed by atoms with Gasteiger partial charge in [-0.05, 0) is 49.8 Å². The van der Waals surface area contributed by atoms with E-state index in [0.29, 0.717) is 23.5 Å². The maximum absolute atomic E-state index is 11.4. The molecule has 5 heteroatoms. The van der Waals surface area contributed by atoms with Gasteiger partial charge in [0.25, 0.3) is 0 Å². The van der Waals surface area contributed by atoms with E-state index in [1.807, 2.05) is 6.07 Å². The van der Waals surface area contributed by atoms with Crippen molar-refractivity contribution in [2.75, 3.05) is 6.54 Å². The predicted molar refractivity (Wildman–Crippen MR) is 81.0 cm³/mol. The minimum Gasteiger partial charge on any atom is -0.423 e. The van der Waals surface area contributed by atoms with Gasteiger partial charge in [0.2, 0.25) is 0 Å². The molecule has 0 saturated carbocycles. The van der Waals surface area contributed by atoms with Gasteiger partial charge in [0, 0.05) is 25.5 Å². The number of carbonyl (C=O) groups excluding carboxylic acids is 2. The molecule has 1 heterocycles. The number of esters is 2. The van der Waals surface area contributed by atoms with Crippen LogP contribution in [0.1, 0.15) is 37.8 Å².